The average Bonchev–Trinajstić information content (AvgIpc) is 3.46. The molecule has 2 unspecified atom stereocenters. The summed E-state index contributed by atoms with van der Waals surface area (Å²) < 4.78 is 29.4. The number of sulfonamides is 1. The van der Waals surface area contributed by atoms with Gasteiger partial charge in [0, 0.05) is 25.0 Å². The summed E-state index contributed by atoms with van der Waals surface area (Å²) in [7, 11) is -4.32. The summed E-state index contributed by atoms with van der Waals surface area (Å²) in [6.45, 7) is 8.07. The van der Waals surface area contributed by atoms with E-state index in [-0.39, 0.29) is 11.3 Å². The van der Waals surface area contributed by atoms with E-state index in [0.29, 0.717) is 55.8 Å². The van der Waals surface area contributed by atoms with Gasteiger partial charge in [0.1, 0.15) is 0 Å². The molecule has 3 rings (SSSR count). The van der Waals surface area contributed by atoms with Crippen molar-refractivity contribution in [1.29, 1.82) is 0 Å². The number of benzene rings is 1. The number of aromatic amines is 1. The highest BCUT2D eigenvalue weighted by atomic mass is 32.2. The fourth-order valence-corrected chi connectivity index (χ4v) is 6.27. The number of hydrogen-bond donors (Lipinski definition) is 6. The molecule has 1 aliphatic rings. The number of hydrogen-bond acceptors (Lipinski definition) is 8. The largest absolute Gasteiger partial charge is 0.478 e. The van der Waals surface area contributed by atoms with E-state index in [1.54, 1.807) is 32.2 Å². The number of nitrogens with one attached hydrogen (secondary N) is 5. The molecule has 12 nitrogen and oxygen atoms in total. The Hall–Kier alpha value is -3.00. The van der Waals surface area contributed by atoms with Crippen molar-refractivity contribution in [3.8, 4) is 0 Å². The molecule has 2 atom stereocenters. The van der Waals surface area contributed by atoms with Gasteiger partial charge in [-0.1, -0.05) is 24.1 Å². The number of carbonyl (C=O) groups excluding carboxylic acids is 1. The Labute approximate surface area is 217 Å². The van der Waals surface area contributed by atoms with Crippen LogP contribution in [0.15, 0.2) is 23.2 Å². The molecular weight excluding hydrogens is 500 g/mol. The number of imidazole rings is 1. The normalized spacial score (nSPS) is 17.4. The fourth-order valence-electron chi connectivity index (χ4n) is 4.50. The number of nitrogens with zero attached hydrogens (tertiary/aromatic N) is 1. The molecule has 6 N–H and O–H groups in total. The molecule has 1 fully saturated rings. The Balaban J connectivity index is 1.78. The number of H-pyrrole nitrogens is 1. The molecule has 1 amide bonds. The number of carbonyl (C=O) groups is 2. The van der Waals surface area contributed by atoms with E-state index < -0.39 is 33.7 Å². The number of aliphatic carboxylic acids is 1. The van der Waals surface area contributed by atoms with E-state index in [2.05, 4.69) is 30.8 Å². The van der Waals surface area contributed by atoms with Crippen LogP contribution < -0.4 is 20.8 Å². The zero-order chi connectivity index (χ0) is 27.2. The van der Waals surface area contributed by atoms with Crippen molar-refractivity contribution in [2.24, 2.45) is 0 Å². The molecule has 2 heterocycles. The van der Waals surface area contributed by atoms with Crippen molar-refractivity contribution < 1.29 is 28.0 Å². The number of carboxylic acid groups (broad SMARTS) is 1. The standard InChI is InChI=1S/C24H36N6O6S/c1-15-12-16(2)20(17(3)13-15)37(34,35)30-24(22(32)33,29-21(31)19-8-11-27-36-19)9-6-5-7-10-25-23-26-14-18(4)28-23/h12-14,19,27,30H,5-11H2,1-4H3,(H,29,31)(H,32,33)(H2,25,26,28). The Morgan fingerprint density at radius 1 is 1.16 bits per heavy atom. The van der Waals surface area contributed by atoms with Gasteiger partial charge in [-0.15, -0.1) is 0 Å². The van der Waals surface area contributed by atoms with Crippen molar-refractivity contribution >= 4 is 27.8 Å². The molecule has 2 aromatic rings. The molecule has 1 aromatic heterocycles. The number of carboxylic acids is 1. The smallest absolute Gasteiger partial charge is 0.345 e. The van der Waals surface area contributed by atoms with Gasteiger partial charge >= 0.3 is 5.97 Å². The van der Waals surface area contributed by atoms with E-state index in [9.17, 15) is 23.1 Å². The second-order valence-electron chi connectivity index (χ2n) is 9.47. The molecule has 1 aliphatic heterocycles. The van der Waals surface area contributed by atoms with Crippen LogP contribution in [0.4, 0.5) is 5.95 Å². The zero-order valence-electron chi connectivity index (χ0n) is 21.6. The van der Waals surface area contributed by atoms with Gasteiger partial charge in [0.2, 0.25) is 15.7 Å². The minimum atomic E-state index is -4.32. The minimum absolute atomic E-state index is 0.00491. The van der Waals surface area contributed by atoms with Gasteiger partial charge in [-0.25, -0.2) is 23.7 Å². The van der Waals surface area contributed by atoms with Gasteiger partial charge in [-0.2, -0.15) is 4.72 Å². The second-order valence-corrected chi connectivity index (χ2v) is 11.1. The molecular formula is C24H36N6O6S. The van der Waals surface area contributed by atoms with Crippen molar-refractivity contribution in [1.82, 2.24) is 25.5 Å². The highest BCUT2D eigenvalue weighted by molar-refractivity contribution is 7.89. The molecule has 0 aliphatic carbocycles. The van der Waals surface area contributed by atoms with Crippen molar-refractivity contribution in [3.63, 3.8) is 0 Å². The predicted molar refractivity (Wildman–Crippen MR) is 137 cm³/mol. The first-order chi connectivity index (χ1) is 17.4. The quantitative estimate of drug-likeness (QED) is 0.165. The highest BCUT2D eigenvalue weighted by Crippen LogP contribution is 2.25. The monoisotopic (exact) mass is 536 g/mol. The van der Waals surface area contributed by atoms with Crippen molar-refractivity contribution in [2.45, 2.75) is 76.5 Å². The summed E-state index contributed by atoms with van der Waals surface area (Å²) in [5, 5.41) is 15.8. The Morgan fingerprint density at radius 2 is 1.86 bits per heavy atom. The molecule has 0 radical (unpaired) electrons. The lowest BCUT2D eigenvalue weighted by atomic mass is 10.0. The summed E-state index contributed by atoms with van der Waals surface area (Å²) in [4.78, 5) is 37.8. The number of hydroxylamine groups is 1. The summed E-state index contributed by atoms with van der Waals surface area (Å²) in [5.74, 6) is -1.56. The van der Waals surface area contributed by atoms with Crippen LogP contribution in [0.3, 0.4) is 0 Å². The summed E-state index contributed by atoms with van der Waals surface area (Å²) in [6.07, 6.45) is 2.57. The minimum Gasteiger partial charge on any atom is -0.478 e. The maximum atomic E-state index is 13.5. The van der Waals surface area contributed by atoms with E-state index >= 15 is 0 Å². The van der Waals surface area contributed by atoms with Crippen LogP contribution in [0.25, 0.3) is 0 Å². The summed E-state index contributed by atoms with van der Waals surface area (Å²) in [5.41, 5.74) is 3.11. The van der Waals surface area contributed by atoms with E-state index in [4.69, 9.17) is 4.84 Å². The molecule has 37 heavy (non-hydrogen) atoms. The van der Waals surface area contributed by atoms with Gasteiger partial charge in [0.05, 0.1) is 4.90 Å². The zero-order valence-corrected chi connectivity index (χ0v) is 22.4. The lowest BCUT2D eigenvalue weighted by Gasteiger charge is -2.32. The van der Waals surface area contributed by atoms with Gasteiger partial charge < -0.3 is 20.7 Å². The van der Waals surface area contributed by atoms with Crippen LogP contribution in [0.5, 0.6) is 0 Å². The van der Waals surface area contributed by atoms with Crippen LogP contribution >= 0.6 is 0 Å². The first kappa shape index (κ1) is 28.6. The predicted octanol–water partition coefficient (Wildman–Crippen LogP) is 1.78. The average molecular weight is 537 g/mol. The molecule has 13 heteroatoms. The third-order valence-electron chi connectivity index (χ3n) is 6.13. The van der Waals surface area contributed by atoms with E-state index in [1.807, 2.05) is 13.8 Å². The number of anilines is 1. The van der Waals surface area contributed by atoms with Crippen LogP contribution in [0.1, 0.15) is 54.5 Å². The van der Waals surface area contributed by atoms with E-state index in [0.717, 1.165) is 11.3 Å². The first-order valence-corrected chi connectivity index (χ1v) is 13.7. The Bertz CT molecular complexity index is 1200. The maximum absolute atomic E-state index is 13.5. The van der Waals surface area contributed by atoms with Crippen molar-refractivity contribution in [2.75, 3.05) is 18.4 Å². The van der Waals surface area contributed by atoms with Crippen LogP contribution in [0.2, 0.25) is 0 Å². The molecule has 0 saturated carbocycles. The number of aromatic nitrogens is 2. The molecule has 0 bridgehead atoms. The van der Waals surface area contributed by atoms with Gasteiger partial charge in [-0.3, -0.25) is 9.63 Å². The lowest BCUT2D eigenvalue weighted by molar-refractivity contribution is -0.151. The maximum Gasteiger partial charge on any atom is 0.345 e. The Morgan fingerprint density at radius 3 is 2.43 bits per heavy atom. The molecule has 1 aromatic carbocycles. The fraction of sp³-hybridized carbons (Fsp3) is 0.542. The number of unbranched alkanes of at least 4 members (excludes halogenated alkanes) is 2. The van der Waals surface area contributed by atoms with Crippen LogP contribution in [0, 0.1) is 27.7 Å². The summed E-state index contributed by atoms with van der Waals surface area (Å²) >= 11 is 0. The second kappa shape index (κ2) is 12.0. The molecule has 204 valence electrons. The first-order valence-electron chi connectivity index (χ1n) is 12.2. The van der Waals surface area contributed by atoms with Gasteiger partial charge in [0.25, 0.3) is 5.91 Å². The third-order valence-corrected chi connectivity index (χ3v) is 7.93. The van der Waals surface area contributed by atoms with E-state index in [1.165, 1.54) is 0 Å². The molecule has 0 spiro atoms. The van der Waals surface area contributed by atoms with Gasteiger partial charge in [-0.05, 0) is 64.5 Å². The highest BCUT2D eigenvalue weighted by Gasteiger charge is 2.45. The van der Waals surface area contributed by atoms with Crippen LogP contribution in [-0.2, 0) is 24.4 Å². The number of rotatable bonds is 13. The Kier molecular flexibility index (Phi) is 9.29. The number of amides is 1. The van der Waals surface area contributed by atoms with Gasteiger partial charge in [0.15, 0.2) is 12.1 Å². The summed E-state index contributed by atoms with van der Waals surface area (Å²) in [6, 6.07) is 3.43. The topological polar surface area (TPSA) is 175 Å². The van der Waals surface area contributed by atoms with Crippen molar-refractivity contribution in [3.05, 3.63) is 40.7 Å². The lowest BCUT2D eigenvalue weighted by Crippen LogP contribution is -2.66. The number of aryl methyl sites for hydroxylation is 4. The third kappa shape index (κ3) is 7.28. The SMILES string of the molecule is Cc1cc(C)c(S(=O)(=O)NC(CCCCCNc2ncc(C)[nH]2)(NC(=O)C2CCNO2)C(=O)O)c(C)c1. The molecule has 1 saturated heterocycles. The van der Waals surface area contributed by atoms with Crippen LogP contribution in [-0.4, -0.2) is 60.2 Å².